The molecule has 21 heavy (non-hydrogen) atoms. The number of hydrogen-bond donors (Lipinski definition) is 1. The number of thioether (sulfide) groups is 1. The quantitative estimate of drug-likeness (QED) is 0.829. The molecule has 2 aromatic rings. The van der Waals surface area contributed by atoms with E-state index >= 15 is 0 Å². The van der Waals surface area contributed by atoms with Crippen LogP contribution in [0.2, 0.25) is 0 Å². The minimum absolute atomic E-state index is 0.0211. The van der Waals surface area contributed by atoms with Gasteiger partial charge in [-0.2, -0.15) is 0 Å². The van der Waals surface area contributed by atoms with Gasteiger partial charge in [-0.15, -0.1) is 0 Å². The Bertz CT molecular complexity index is 569. The summed E-state index contributed by atoms with van der Waals surface area (Å²) in [6.45, 7) is 4.14. The summed E-state index contributed by atoms with van der Waals surface area (Å²) in [6, 6.07) is 14.1. The van der Waals surface area contributed by atoms with Gasteiger partial charge >= 0.3 is 0 Å². The van der Waals surface area contributed by atoms with E-state index in [1.165, 1.54) is 17.3 Å². The number of aryl methyl sites for hydroxylation is 1. The second-order valence-electron chi connectivity index (χ2n) is 4.84. The van der Waals surface area contributed by atoms with Crippen molar-refractivity contribution in [1.82, 2.24) is 10.3 Å². The van der Waals surface area contributed by atoms with Gasteiger partial charge in [-0.05, 0) is 36.6 Å². The highest BCUT2D eigenvalue weighted by Gasteiger charge is 2.10. The van der Waals surface area contributed by atoms with Gasteiger partial charge in [0.25, 0.3) is 0 Å². The molecular formula is C17H20N2OS. The fourth-order valence-corrected chi connectivity index (χ4v) is 2.65. The van der Waals surface area contributed by atoms with E-state index < -0.39 is 0 Å². The van der Waals surface area contributed by atoms with Gasteiger partial charge in [-0.3, -0.25) is 4.79 Å². The number of hydrogen-bond acceptors (Lipinski definition) is 3. The average Bonchev–Trinajstić information content (AvgIpc) is 2.54. The van der Waals surface area contributed by atoms with Crippen LogP contribution in [0.15, 0.2) is 53.7 Å². The molecule has 0 aliphatic heterocycles. The zero-order chi connectivity index (χ0) is 15.1. The molecule has 1 N–H and O–H groups in total. The summed E-state index contributed by atoms with van der Waals surface area (Å²) in [5.41, 5.74) is 2.44. The van der Waals surface area contributed by atoms with Gasteiger partial charge in [-0.25, -0.2) is 4.98 Å². The Morgan fingerprint density at radius 1 is 1.24 bits per heavy atom. The number of carbonyl (C=O) groups is 1. The minimum atomic E-state index is 0.0211. The second kappa shape index (κ2) is 7.84. The average molecular weight is 300 g/mol. The molecule has 2 rings (SSSR count). The van der Waals surface area contributed by atoms with Gasteiger partial charge < -0.3 is 5.32 Å². The van der Waals surface area contributed by atoms with E-state index in [0.29, 0.717) is 5.75 Å². The lowest BCUT2D eigenvalue weighted by atomic mass is 10.1. The topological polar surface area (TPSA) is 42.0 Å². The Labute approximate surface area is 130 Å². The molecule has 1 heterocycles. The molecule has 4 heteroatoms. The van der Waals surface area contributed by atoms with Gasteiger partial charge in [0.15, 0.2) is 0 Å². The highest BCUT2D eigenvalue weighted by molar-refractivity contribution is 7.99. The summed E-state index contributed by atoms with van der Waals surface area (Å²) in [7, 11) is 0. The molecule has 0 saturated carbocycles. The zero-order valence-corrected chi connectivity index (χ0v) is 13.2. The number of carbonyl (C=O) groups excluding carboxylic acids is 1. The third kappa shape index (κ3) is 4.90. The van der Waals surface area contributed by atoms with Crippen molar-refractivity contribution in [1.29, 1.82) is 0 Å². The van der Waals surface area contributed by atoms with E-state index in [0.717, 1.165) is 17.0 Å². The van der Waals surface area contributed by atoms with Crippen LogP contribution in [0, 0.1) is 0 Å². The van der Waals surface area contributed by atoms with Gasteiger partial charge in [-0.1, -0.05) is 49.0 Å². The Balaban J connectivity index is 1.83. The molecule has 0 spiro atoms. The van der Waals surface area contributed by atoms with Crippen molar-refractivity contribution in [2.45, 2.75) is 31.3 Å². The predicted octanol–water partition coefficient (Wildman–Crippen LogP) is 3.61. The first-order chi connectivity index (χ1) is 10.2. The third-order valence-corrected chi connectivity index (χ3v) is 4.20. The van der Waals surface area contributed by atoms with Crippen LogP contribution in [0.4, 0.5) is 0 Å². The Morgan fingerprint density at radius 3 is 2.62 bits per heavy atom. The first kappa shape index (κ1) is 15.6. The Morgan fingerprint density at radius 2 is 2.00 bits per heavy atom. The molecular weight excluding hydrogens is 280 g/mol. The van der Waals surface area contributed by atoms with Crippen molar-refractivity contribution in [3.63, 3.8) is 0 Å². The highest BCUT2D eigenvalue weighted by Crippen LogP contribution is 2.16. The largest absolute Gasteiger partial charge is 0.349 e. The number of aromatic nitrogens is 1. The number of benzene rings is 1. The van der Waals surface area contributed by atoms with Gasteiger partial charge in [0.05, 0.1) is 16.8 Å². The van der Waals surface area contributed by atoms with Crippen LogP contribution in [0.1, 0.15) is 31.0 Å². The van der Waals surface area contributed by atoms with Crippen molar-refractivity contribution >= 4 is 17.7 Å². The standard InChI is InChI=1S/C17H20N2OS/c1-3-14-7-9-15(10-8-14)13(2)19-16(20)12-21-17-6-4-5-11-18-17/h4-11,13H,3,12H2,1-2H3,(H,19,20)/t13-/m0/s1. The maximum atomic E-state index is 12.0. The van der Waals surface area contributed by atoms with Crippen molar-refractivity contribution in [3.8, 4) is 0 Å². The van der Waals surface area contributed by atoms with Crippen LogP contribution in [0.25, 0.3) is 0 Å². The van der Waals surface area contributed by atoms with E-state index in [-0.39, 0.29) is 11.9 Å². The number of pyridine rings is 1. The molecule has 1 atom stereocenters. The van der Waals surface area contributed by atoms with E-state index in [1.807, 2.05) is 25.1 Å². The lowest BCUT2D eigenvalue weighted by Crippen LogP contribution is -2.28. The summed E-state index contributed by atoms with van der Waals surface area (Å²) in [5.74, 6) is 0.409. The predicted molar refractivity (Wildman–Crippen MR) is 87.3 cm³/mol. The third-order valence-electron chi connectivity index (χ3n) is 3.25. The zero-order valence-electron chi connectivity index (χ0n) is 12.4. The SMILES string of the molecule is CCc1ccc([C@H](C)NC(=O)CSc2ccccn2)cc1. The molecule has 0 radical (unpaired) electrons. The lowest BCUT2D eigenvalue weighted by molar-refractivity contribution is -0.119. The molecule has 0 saturated heterocycles. The summed E-state index contributed by atoms with van der Waals surface area (Å²) in [6.07, 6.45) is 2.76. The fourth-order valence-electron chi connectivity index (χ4n) is 1.98. The maximum absolute atomic E-state index is 12.0. The molecule has 1 aromatic carbocycles. The lowest BCUT2D eigenvalue weighted by Gasteiger charge is -2.14. The van der Waals surface area contributed by atoms with Crippen molar-refractivity contribution in [2.24, 2.45) is 0 Å². The smallest absolute Gasteiger partial charge is 0.230 e. The van der Waals surface area contributed by atoms with E-state index in [9.17, 15) is 4.79 Å². The van der Waals surface area contributed by atoms with Crippen LogP contribution in [0.5, 0.6) is 0 Å². The molecule has 0 unspecified atom stereocenters. The Hall–Kier alpha value is -1.81. The van der Waals surface area contributed by atoms with Crippen molar-refractivity contribution < 1.29 is 4.79 Å². The summed E-state index contributed by atoms with van der Waals surface area (Å²) >= 11 is 1.45. The monoisotopic (exact) mass is 300 g/mol. The second-order valence-corrected chi connectivity index (χ2v) is 5.84. The van der Waals surface area contributed by atoms with Crippen molar-refractivity contribution in [2.75, 3.05) is 5.75 Å². The number of rotatable bonds is 6. The van der Waals surface area contributed by atoms with Gasteiger partial charge in [0.2, 0.25) is 5.91 Å². The van der Waals surface area contributed by atoms with E-state index in [4.69, 9.17) is 0 Å². The van der Waals surface area contributed by atoms with E-state index in [2.05, 4.69) is 41.5 Å². The van der Waals surface area contributed by atoms with Crippen LogP contribution in [-0.2, 0) is 11.2 Å². The number of amides is 1. The number of nitrogens with zero attached hydrogens (tertiary/aromatic N) is 1. The van der Waals surface area contributed by atoms with Crippen LogP contribution in [-0.4, -0.2) is 16.6 Å². The van der Waals surface area contributed by atoms with Gasteiger partial charge in [0.1, 0.15) is 0 Å². The van der Waals surface area contributed by atoms with Crippen molar-refractivity contribution in [3.05, 3.63) is 59.8 Å². The summed E-state index contributed by atoms with van der Waals surface area (Å²) in [4.78, 5) is 16.2. The van der Waals surface area contributed by atoms with Crippen LogP contribution >= 0.6 is 11.8 Å². The Kier molecular flexibility index (Phi) is 5.81. The molecule has 0 bridgehead atoms. The highest BCUT2D eigenvalue weighted by atomic mass is 32.2. The van der Waals surface area contributed by atoms with Crippen LogP contribution in [0.3, 0.4) is 0 Å². The molecule has 3 nitrogen and oxygen atoms in total. The summed E-state index contributed by atoms with van der Waals surface area (Å²) in [5, 5.41) is 3.88. The minimum Gasteiger partial charge on any atom is -0.349 e. The molecule has 1 aromatic heterocycles. The normalized spacial score (nSPS) is 11.9. The van der Waals surface area contributed by atoms with Gasteiger partial charge in [0, 0.05) is 6.20 Å². The first-order valence-electron chi connectivity index (χ1n) is 7.11. The molecule has 1 amide bonds. The maximum Gasteiger partial charge on any atom is 0.230 e. The molecule has 110 valence electrons. The van der Waals surface area contributed by atoms with Crippen LogP contribution < -0.4 is 5.32 Å². The fraction of sp³-hybridized carbons (Fsp3) is 0.294. The molecule has 0 aliphatic carbocycles. The first-order valence-corrected chi connectivity index (χ1v) is 8.09. The number of nitrogens with one attached hydrogen (secondary N) is 1. The summed E-state index contributed by atoms with van der Waals surface area (Å²) < 4.78 is 0. The molecule has 0 aliphatic rings. The van der Waals surface area contributed by atoms with E-state index in [1.54, 1.807) is 6.20 Å². The molecule has 0 fully saturated rings.